The number of hydrazine groups is 1. The molecule has 5 nitrogen and oxygen atoms in total. The second kappa shape index (κ2) is 5.39. The summed E-state index contributed by atoms with van der Waals surface area (Å²) in [6.45, 7) is 0.696. The number of nitrogens with one attached hydrogen (secondary N) is 2. The Morgan fingerprint density at radius 2 is 2.38 bits per heavy atom. The van der Waals surface area contributed by atoms with Crippen LogP contribution in [0.2, 0.25) is 0 Å². The predicted octanol–water partition coefficient (Wildman–Crippen LogP) is -0.643. The molecule has 4 N–H and O–H groups in total. The van der Waals surface area contributed by atoms with Crippen LogP contribution in [-0.4, -0.2) is 21.6 Å². The van der Waals surface area contributed by atoms with Crippen molar-refractivity contribution in [2.45, 2.75) is 6.42 Å². The highest BCUT2D eigenvalue weighted by Gasteiger charge is 1.94. The number of hydrogen-bond acceptors (Lipinski definition) is 4. The first-order chi connectivity index (χ1) is 6.33. The lowest BCUT2D eigenvalue weighted by atomic mass is 10.3. The molecule has 0 fully saturated rings. The van der Waals surface area contributed by atoms with Crippen LogP contribution in [0.5, 0.6) is 0 Å². The minimum atomic E-state index is 0.434. The molecule has 0 aliphatic rings. The minimum Gasteiger partial charge on any atom is -0.361 e. The van der Waals surface area contributed by atoms with Crippen LogP contribution in [0.4, 0.5) is 0 Å². The van der Waals surface area contributed by atoms with Gasteiger partial charge in [-0.3, -0.25) is 9.97 Å². The van der Waals surface area contributed by atoms with E-state index >= 15 is 0 Å². The highest BCUT2D eigenvalue weighted by molar-refractivity contribution is 7.80. The second-order valence-electron chi connectivity index (χ2n) is 2.35. The van der Waals surface area contributed by atoms with Gasteiger partial charge in [-0.15, -0.1) is 0 Å². The molecule has 0 saturated carbocycles. The first-order valence-corrected chi connectivity index (χ1v) is 4.23. The quantitative estimate of drug-likeness (QED) is 0.340. The van der Waals surface area contributed by atoms with Gasteiger partial charge in [0.15, 0.2) is 5.11 Å². The molecular formula is C7H11N5S. The van der Waals surface area contributed by atoms with Crippen LogP contribution < -0.4 is 16.6 Å². The van der Waals surface area contributed by atoms with Gasteiger partial charge in [-0.1, -0.05) is 0 Å². The molecule has 0 saturated heterocycles. The lowest BCUT2D eigenvalue weighted by molar-refractivity contribution is 0.813. The molecule has 13 heavy (non-hydrogen) atoms. The van der Waals surface area contributed by atoms with Gasteiger partial charge in [0, 0.05) is 31.6 Å². The summed E-state index contributed by atoms with van der Waals surface area (Å²) < 4.78 is 0. The van der Waals surface area contributed by atoms with E-state index in [9.17, 15) is 0 Å². The summed E-state index contributed by atoms with van der Waals surface area (Å²) in [6, 6.07) is 0. The molecule has 0 atom stereocenters. The number of rotatable bonds is 3. The largest absolute Gasteiger partial charge is 0.361 e. The zero-order chi connectivity index (χ0) is 9.52. The maximum atomic E-state index is 5.07. The molecular weight excluding hydrogens is 186 g/mol. The fraction of sp³-hybridized carbons (Fsp3) is 0.286. The normalized spacial score (nSPS) is 9.31. The third-order valence-corrected chi connectivity index (χ3v) is 1.68. The van der Waals surface area contributed by atoms with E-state index in [-0.39, 0.29) is 0 Å². The van der Waals surface area contributed by atoms with Crippen LogP contribution in [0.3, 0.4) is 0 Å². The second-order valence-corrected chi connectivity index (χ2v) is 2.76. The first kappa shape index (κ1) is 9.82. The van der Waals surface area contributed by atoms with Crippen LogP contribution in [0.1, 0.15) is 5.69 Å². The van der Waals surface area contributed by atoms with Gasteiger partial charge >= 0.3 is 0 Å². The van der Waals surface area contributed by atoms with Crippen molar-refractivity contribution in [3.05, 3.63) is 24.3 Å². The summed E-state index contributed by atoms with van der Waals surface area (Å²) in [4.78, 5) is 8.04. The third-order valence-electron chi connectivity index (χ3n) is 1.41. The molecule has 0 amide bonds. The van der Waals surface area contributed by atoms with Crippen LogP contribution in [-0.2, 0) is 6.42 Å². The van der Waals surface area contributed by atoms with Crippen molar-refractivity contribution in [2.75, 3.05) is 6.54 Å². The van der Waals surface area contributed by atoms with Crippen LogP contribution in [0.15, 0.2) is 18.6 Å². The third kappa shape index (κ3) is 3.77. The monoisotopic (exact) mass is 197 g/mol. The molecule has 1 rings (SSSR count). The van der Waals surface area contributed by atoms with Gasteiger partial charge < -0.3 is 10.7 Å². The molecule has 0 radical (unpaired) electrons. The molecule has 6 heteroatoms. The Morgan fingerprint density at radius 1 is 1.54 bits per heavy atom. The Hall–Kier alpha value is -1.27. The van der Waals surface area contributed by atoms with E-state index in [1.165, 1.54) is 0 Å². The van der Waals surface area contributed by atoms with E-state index in [2.05, 4.69) is 20.7 Å². The zero-order valence-corrected chi connectivity index (χ0v) is 7.84. The van der Waals surface area contributed by atoms with Crippen LogP contribution >= 0.6 is 12.2 Å². The highest BCUT2D eigenvalue weighted by Crippen LogP contribution is 1.89. The Balaban J connectivity index is 2.24. The Bertz CT molecular complexity index is 263. The average Bonchev–Trinajstić information content (AvgIpc) is 2.19. The van der Waals surface area contributed by atoms with Crippen molar-refractivity contribution in [1.29, 1.82) is 0 Å². The van der Waals surface area contributed by atoms with E-state index in [1.54, 1.807) is 18.6 Å². The van der Waals surface area contributed by atoms with E-state index in [4.69, 9.17) is 18.1 Å². The molecule has 1 aromatic rings. The van der Waals surface area contributed by atoms with Crippen molar-refractivity contribution < 1.29 is 0 Å². The van der Waals surface area contributed by atoms with Gasteiger partial charge in [0.2, 0.25) is 0 Å². The smallest absolute Gasteiger partial charge is 0.180 e. The SMILES string of the molecule is NNC(=S)NCCc1cnccn1. The fourth-order valence-electron chi connectivity index (χ4n) is 0.814. The average molecular weight is 197 g/mol. The number of hydrogen-bond donors (Lipinski definition) is 3. The predicted molar refractivity (Wildman–Crippen MR) is 53.7 cm³/mol. The van der Waals surface area contributed by atoms with Crippen LogP contribution in [0.25, 0.3) is 0 Å². The number of aromatic nitrogens is 2. The van der Waals surface area contributed by atoms with E-state index in [0.29, 0.717) is 11.7 Å². The van der Waals surface area contributed by atoms with Crippen molar-refractivity contribution >= 4 is 17.3 Å². The Kier molecular flexibility index (Phi) is 4.07. The maximum Gasteiger partial charge on any atom is 0.180 e. The Morgan fingerprint density at radius 3 is 3.00 bits per heavy atom. The first-order valence-electron chi connectivity index (χ1n) is 3.82. The molecule has 1 heterocycles. The lowest BCUT2D eigenvalue weighted by Crippen LogP contribution is -2.40. The molecule has 70 valence electrons. The minimum absolute atomic E-state index is 0.434. The maximum absolute atomic E-state index is 5.07. The summed E-state index contributed by atoms with van der Waals surface area (Å²) >= 11 is 4.79. The van der Waals surface area contributed by atoms with Gasteiger partial charge in [0.25, 0.3) is 0 Å². The fourth-order valence-corrected chi connectivity index (χ4v) is 0.916. The van der Waals surface area contributed by atoms with Crippen LogP contribution in [0, 0.1) is 0 Å². The Labute approximate surface area is 81.7 Å². The molecule has 0 aromatic carbocycles. The molecule has 0 aliphatic carbocycles. The van der Waals surface area contributed by atoms with Gasteiger partial charge in [-0.25, -0.2) is 5.84 Å². The van der Waals surface area contributed by atoms with Crippen molar-refractivity contribution in [2.24, 2.45) is 5.84 Å². The zero-order valence-electron chi connectivity index (χ0n) is 7.03. The summed E-state index contributed by atoms with van der Waals surface area (Å²) in [5.41, 5.74) is 3.26. The van der Waals surface area contributed by atoms with E-state index in [0.717, 1.165) is 12.1 Å². The van der Waals surface area contributed by atoms with Crippen molar-refractivity contribution in [1.82, 2.24) is 20.7 Å². The summed E-state index contributed by atoms with van der Waals surface area (Å²) in [5.74, 6) is 5.07. The molecule has 0 aliphatic heterocycles. The van der Waals surface area contributed by atoms with Gasteiger partial charge in [0.1, 0.15) is 0 Å². The summed E-state index contributed by atoms with van der Waals surface area (Å²) in [6.07, 6.45) is 5.80. The van der Waals surface area contributed by atoms with E-state index in [1.807, 2.05) is 0 Å². The standard InChI is InChI=1S/C7H11N5S/c8-12-7(13)11-2-1-6-5-9-3-4-10-6/h3-5H,1-2,8H2,(H2,11,12,13). The van der Waals surface area contributed by atoms with Crippen molar-refractivity contribution in [3.63, 3.8) is 0 Å². The molecule has 1 aromatic heterocycles. The summed E-state index contributed by atoms with van der Waals surface area (Å²) in [5, 5.41) is 3.34. The molecule has 0 bridgehead atoms. The van der Waals surface area contributed by atoms with E-state index < -0.39 is 0 Å². The number of nitrogens with zero attached hydrogens (tertiary/aromatic N) is 2. The number of thiocarbonyl (C=S) groups is 1. The van der Waals surface area contributed by atoms with Gasteiger partial charge in [-0.2, -0.15) is 0 Å². The van der Waals surface area contributed by atoms with Gasteiger partial charge in [0.05, 0.1) is 5.69 Å². The number of nitrogens with two attached hydrogens (primary N) is 1. The highest BCUT2D eigenvalue weighted by atomic mass is 32.1. The van der Waals surface area contributed by atoms with Crippen molar-refractivity contribution in [3.8, 4) is 0 Å². The molecule has 0 spiro atoms. The summed E-state index contributed by atoms with van der Waals surface area (Å²) in [7, 11) is 0. The topological polar surface area (TPSA) is 75.9 Å². The molecule has 0 unspecified atom stereocenters. The van der Waals surface area contributed by atoms with Gasteiger partial charge in [-0.05, 0) is 12.2 Å². The lowest BCUT2D eigenvalue weighted by Gasteiger charge is -2.05.